The zero-order chi connectivity index (χ0) is 18.9. The van der Waals surface area contributed by atoms with Gasteiger partial charge in [-0.25, -0.2) is 4.79 Å². The van der Waals surface area contributed by atoms with Gasteiger partial charge in [0, 0.05) is 30.7 Å². The van der Waals surface area contributed by atoms with Crippen molar-refractivity contribution in [3.8, 4) is 0 Å². The van der Waals surface area contributed by atoms with Crippen LogP contribution in [-0.4, -0.2) is 57.7 Å². The number of nitrogens with one attached hydrogen (secondary N) is 1. The molecule has 7 heteroatoms. The third-order valence-electron chi connectivity index (χ3n) is 4.62. The van der Waals surface area contributed by atoms with Gasteiger partial charge < -0.3 is 14.5 Å². The highest BCUT2D eigenvalue weighted by Gasteiger charge is 2.43. The first kappa shape index (κ1) is 18.6. The first-order chi connectivity index (χ1) is 12.2. The Morgan fingerprint density at radius 3 is 2.23 bits per heavy atom. The number of hydrogen-bond acceptors (Lipinski definition) is 4. The molecule has 2 amide bonds. The van der Waals surface area contributed by atoms with E-state index in [9.17, 15) is 9.59 Å². The average Bonchev–Trinajstić information content (AvgIpc) is 2.84. The van der Waals surface area contributed by atoms with Crippen molar-refractivity contribution in [2.75, 3.05) is 13.1 Å². The molecule has 2 aliphatic heterocycles. The standard InChI is InChI=1S/C19H25N3O3S/c1-19(2,3)25-18(24)21-11-14-9-10-15(12-21)22(14)17(26)20-16(23)13-7-5-4-6-8-13/h4-8,14-15H,9-12H2,1-3H3,(H,20,23,26)/t14-,15+. The fourth-order valence-electron chi connectivity index (χ4n) is 3.53. The second kappa shape index (κ2) is 7.23. The minimum Gasteiger partial charge on any atom is -0.444 e. The molecule has 2 heterocycles. The Morgan fingerprint density at radius 2 is 1.69 bits per heavy atom. The Kier molecular flexibility index (Phi) is 5.18. The van der Waals surface area contributed by atoms with Crippen molar-refractivity contribution >= 4 is 29.3 Å². The Morgan fingerprint density at radius 1 is 1.12 bits per heavy atom. The molecule has 2 bridgehead atoms. The molecule has 6 nitrogen and oxygen atoms in total. The monoisotopic (exact) mass is 375 g/mol. The molecule has 1 N–H and O–H groups in total. The van der Waals surface area contributed by atoms with Crippen LogP contribution in [0.5, 0.6) is 0 Å². The lowest BCUT2D eigenvalue weighted by Gasteiger charge is -2.42. The number of nitrogens with zero attached hydrogens (tertiary/aromatic N) is 2. The van der Waals surface area contributed by atoms with Crippen LogP contribution in [0.2, 0.25) is 0 Å². The van der Waals surface area contributed by atoms with Gasteiger partial charge in [-0.1, -0.05) is 18.2 Å². The predicted octanol–water partition coefficient (Wildman–Crippen LogP) is 2.79. The van der Waals surface area contributed by atoms with Gasteiger partial charge in [0.2, 0.25) is 0 Å². The molecule has 0 aromatic heterocycles. The molecule has 140 valence electrons. The minimum absolute atomic E-state index is 0.116. The summed E-state index contributed by atoms with van der Waals surface area (Å²) in [6.45, 7) is 6.72. The Labute approximate surface area is 159 Å². The largest absolute Gasteiger partial charge is 0.444 e. The number of amides is 2. The van der Waals surface area contributed by atoms with Crippen molar-refractivity contribution in [2.45, 2.75) is 51.3 Å². The highest BCUT2D eigenvalue weighted by atomic mass is 32.1. The highest BCUT2D eigenvalue weighted by Crippen LogP contribution is 2.31. The molecule has 2 fully saturated rings. The van der Waals surface area contributed by atoms with Crippen LogP contribution in [0, 0.1) is 0 Å². The molecule has 3 rings (SSSR count). The van der Waals surface area contributed by atoms with E-state index in [2.05, 4.69) is 10.2 Å². The Bertz CT molecular complexity index is 688. The number of ether oxygens (including phenoxy) is 1. The van der Waals surface area contributed by atoms with E-state index in [1.165, 1.54) is 0 Å². The summed E-state index contributed by atoms with van der Waals surface area (Å²) in [5, 5.41) is 3.27. The Balaban J connectivity index is 1.62. The van der Waals surface area contributed by atoms with E-state index in [4.69, 9.17) is 17.0 Å². The second-order valence-electron chi connectivity index (χ2n) is 7.80. The van der Waals surface area contributed by atoms with Crippen molar-refractivity contribution in [3.05, 3.63) is 35.9 Å². The summed E-state index contributed by atoms with van der Waals surface area (Å²) in [5.74, 6) is -0.204. The van der Waals surface area contributed by atoms with Crippen LogP contribution >= 0.6 is 12.2 Å². The molecule has 1 aromatic carbocycles. The van der Waals surface area contributed by atoms with Gasteiger partial charge in [0.15, 0.2) is 5.11 Å². The maximum atomic E-state index is 12.4. The lowest BCUT2D eigenvalue weighted by atomic mass is 10.2. The van der Waals surface area contributed by atoms with Crippen LogP contribution in [0.25, 0.3) is 0 Å². The lowest BCUT2D eigenvalue weighted by Crippen LogP contribution is -2.60. The van der Waals surface area contributed by atoms with Crippen molar-refractivity contribution in [2.24, 2.45) is 0 Å². The molecule has 2 atom stereocenters. The van der Waals surface area contributed by atoms with Crippen molar-refractivity contribution in [1.29, 1.82) is 0 Å². The van der Waals surface area contributed by atoms with Gasteiger partial charge in [-0.15, -0.1) is 0 Å². The second-order valence-corrected chi connectivity index (χ2v) is 8.19. The van der Waals surface area contributed by atoms with E-state index in [-0.39, 0.29) is 24.1 Å². The summed E-state index contributed by atoms with van der Waals surface area (Å²) >= 11 is 5.50. The predicted molar refractivity (Wildman–Crippen MR) is 103 cm³/mol. The number of benzene rings is 1. The topological polar surface area (TPSA) is 61.9 Å². The van der Waals surface area contributed by atoms with Gasteiger partial charge in [-0.3, -0.25) is 10.1 Å². The van der Waals surface area contributed by atoms with Gasteiger partial charge in [0.1, 0.15) is 5.60 Å². The van der Waals surface area contributed by atoms with Crippen LogP contribution < -0.4 is 5.32 Å². The summed E-state index contributed by atoms with van der Waals surface area (Å²) < 4.78 is 5.49. The molecule has 1 aromatic rings. The number of rotatable bonds is 1. The zero-order valence-electron chi connectivity index (χ0n) is 15.4. The molecule has 2 saturated heterocycles. The zero-order valence-corrected chi connectivity index (χ0v) is 16.2. The van der Waals surface area contributed by atoms with Gasteiger partial charge >= 0.3 is 6.09 Å². The van der Waals surface area contributed by atoms with Crippen LogP contribution in [0.1, 0.15) is 44.0 Å². The van der Waals surface area contributed by atoms with Gasteiger partial charge in [-0.05, 0) is 58.0 Å². The van der Waals surface area contributed by atoms with E-state index in [1.54, 1.807) is 17.0 Å². The lowest BCUT2D eigenvalue weighted by molar-refractivity contribution is 0.0107. The number of piperazine rings is 1. The fraction of sp³-hybridized carbons (Fsp3) is 0.526. The highest BCUT2D eigenvalue weighted by molar-refractivity contribution is 7.80. The maximum absolute atomic E-state index is 12.4. The molecular weight excluding hydrogens is 350 g/mol. The van der Waals surface area contributed by atoms with Gasteiger partial charge in [0.25, 0.3) is 5.91 Å². The molecule has 0 spiro atoms. The molecule has 26 heavy (non-hydrogen) atoms. The maximum Gasteiger partial charge on any atom is 0.410 e. The first-order valence-corrected chi connectivity index (χ1v) is 9.32. The van der Waals surface area contributed by atoms with Crippen molar-refractivity contribution in [3.63, 3.8) is 0 Å². The molecule has 2 aliphatic rings. The quantitative estimate of drug-likeness (QED) is 0.765. The van der Waals surface area contributed by atoms with E-state index in [0.29, 0.717) is 23.8 Å². The third-order valence-corrected chi connectivity index (χ3v) is 4.94. The fourth-order valence-corrected chi connectivity index (χ4v) is 3.92. The summed E-state index contributed by atoms with van der Waals surface area (Å²) in [6.07, 6.45) is 1.62. The normalized spacial score (nSPS) is 22.1. The van der Waals surface area contributed by atoms with E-state index < -0.39 is 5.60 Å². The average molecular weight is 375 g/mol. The number of likely N-dealkylation sites (tertiary alicyclic amines) is 1. The third kappa shape index (κ3) is 4.15. The first-order valence-electron chi connectivity index (χ1n) is 8.91. The summed E-state index contributed by atoms with van der Waals surface area (Å²) in [5.41, 5.74) is 0.0706. The van der Waals surface area contributed by atoms with E-state index in [1.807, 2.05) is 39.0 Å². The van der Waals surface area contributed by atoms with Crippen molar-refractivity contribution in [1.82, 2.24) is 15.1 Å². The molecule has 0 unspecified atom stereocenters. The van der Waals surface area contributed by atoms with Gasteiger partial charge in [-0.2, -0.15) is 0 Å². The van der Waals surface area contributed by atoms with Crippen LogP contribution in [0.15, 0.2) is 30.3 Å². The molecular formula is C19H25N3O3S. The summed E-state index contributed by atoms with van der Waals surface area (Å²) in [4.78, 5) is 28.5. The Hall–Kier alpha value is -2.15. The molecule has 0 radical (unpaired) electrons. The molecule has 0 saturated carbocycles. The number of carbonyl (C=O) groups is 2. The smallest absolute Gasteiger partial charge is 0.410 e. The molecule has 0 aliphatic carbocycles. The van der Waals surface area contributed by atoms with Crippen molar-refractivity contribution < 1.29 is 14.3 Å². The van der Waals surface area contributed by atoms with Crippen LogP contribution in [-0.2, 0) is 4.74 Å². The van der Waals surface area contributed by atoms with E-state index >= 15 is 0 Å². The SMILES string of the molecule is CC(C)(C)OC(=O)N1C[C@H]2CC[C@@H](C1)N2C(=S)NC(=O)c1ccccc1. The van der Waals surface area contributed by atoms with Crippen LogP contribution in [0.4, 0.5) is 4.79 Å². The summed E-state index contributed by atoms with van der Waals surface area (Å²) in [6, 6.07) is 9.25. The number of hydrogen-bond donors (Lipinski definition) is 1. The number of carbonyl (C=O) groups excluding carboxylic acids is 2. The number of fused-ring (bicyclic) bond motifs is 2. The van der Waals surface area contributed by atoms with E-state index in [0.717, 1.165) is 12.8 Å². The minimum atomic E-state index is -0.508. The summed E-state index contributed by atoms with van der Waals surface area (Å²) in [7, 11) is 0. The van der Waals surface area contributed by atoms with Crippen LogP contribution in [0.3, 0.4) is 0 Å². The number of thiocarbonyl (C=S) groups is 1. The van der Waals surface area contributed by atoms with Gasteiger partial charge in [0.05, 0.1) is 0 Å².